The minimum absolute atomic E-state index is 0.208. The van der Waals surface area contributed by atoms with Crippen LogP contribution in [-0.4, -0.2) is 23.9 Å². The van der Waals surface area contributed by atoms with Crippen LogP contribution in [0.2, 0.25) is 5.02 Å². The van der Waals surface area contributed by atoms with Crippen molar-refractivity contribution in [2.24, 2.45) is 5.73 Å². The van der Waals surface area contributed by atoms with E-state index in [2.05, 4.69) is 5.32 Å². The van der Waals surface area contributed by atoms with Gasteiger partial charge in [-0.3, -0.25) is 9.59 Å². The van der Waals surface area contributed by atoms with Crippen LogP contribution < -0.4 is 11.1 Å². The number of carbonyl (C=O) groups excluding carboxylic acids is 3. The Labute approximate surface area is 141 Å². The maximum atomic E-state index is 12.1. The van der Waals surface area contributed by atoms with Crippen molar-refractivity contribution >= 4 is 45.7 Å². The Balaban J connectivity index is 1.99. The molecule has 0 aliphatic heterocycles. The van der Waals surface area contributed by atoms with E-state index in [0.717, 1.165) is 11.3 Å². The summed E-state index contributed by atoms with van der Waals surface area (Å²) in [4.78, 5) is 35.2. The van der Waals surface area contributed by atoms with Gasteiger partial charge in [0.25, 0.3) is 11.8 Å². The van der Waals surface area contributed by atoms with Crippen molar-refractivity contribution in [2.75, 3.05) is 5.32 Å². The van der Waals surface area contributed by atoms with Crippen LogP contribution in [-0.2, 0) is 9.53 Å². The molecule has 1 aromatic heterocycles. The lowest BCUT2D eigenvalue weighted by Gasteiger charge is -2.13. The van der Waals surface area contributed by atoms with Crippen LogP contribution in [0.15, 0.2) is 35.7 Å². The number of nitrogens with one attached hydrogen (secondary N) is 1. The summed E-state index contributed by atoms with van der Waals surface area (Å²) in [5.41, 5.74) is 5.69. The molecule has 0 bridgehead atoms. The van der Waals surface area contributed by atoms with Gasteiger partial charge in [0.05, 0.1) is 11.1 Å². The molecule has 2 rings (SSSR count). The molecule has 0 fully saturated rings. The van der Waals surface area contributed by atoms with Gasteiger partial charge in [-0.25, -0.2) is 4.79 Å². The van der Waals surface area contributed by atoms with Gasteiger partial charge in [0.15, 0.2) is 6.10 Å². The fourth-order valence-corrected chi connectivity index (χ4v) is 2.60. The Bertz CT molecular complexity index is 742. The zero-order valence-corrected chi connectivity index (χ0v) is 13.6. The number of esters is 1. The Morgan fingerprint density at radius 1 is 1.22 bits per heavy atom. The van der Waals surface area contributed by atoms with Crippen LogP contribution >= 0.6 is 22.9 Å². The van der Waals surface area contributed by atoms with Crippen molar-refractivity contribution in [1.29, 1.82) is 0 Å². The summed E-state index contributed by atoms with van der Waals surface area (Å²) in [7, 11) is 0. The van der Waals surface area contributed by atoms with Crippen LogP contribution in [0.4, 0.5) is 5.00 Å². The highest BCUT2D eigenvalue weighted by Gasteiger charge is 2.21. The van der Waals surface area contributed by atoms with Gasteiger partial charge in [-0.05, 0) is 42.6 Å². The Hall–Kier alpha value is -2.38. The van der Waals surface area contributed by atoms with E-state index in [0.29, 0.717) is 10.0 Å². The number of nitrogens with two attached hydrogens (primary N) is 1. The molecular weight excluding hydrogens is 340 g/mol. The molecule has 1 unspecified atom stereocenters. The SMILES string of the molecule is CC(OC(=O)c1ccc(Cl)cc1)C(=O)Nc1sccc1C(N)=O. The molecule has 3 N–H and O–H groups in total. The van der Waals surface area contributed by atoms with E-state index < -0.39 is 23.9 Å². The van der Waals surface area contributed by atoms with E-state index >= 15 is 0 Å². The zero-order valence-electron chi connectivity index (χ0n) is 12.0. The third-order valence-electron chi connectivity index (χ3n) is 2.90. The number of carbonyl (C=O) groups is 3. The lowest BCUT2D eigenvalue weighted by molar-refractivity contribution is -0.123. The quantitative estimate of drug-likeness (QED) is 0.808. The van der Waals surface area contributed by atoms with Crippen molar-refractivity contribution in [3.05, 3.63) is 51.9 Å². The van der Waals surface area contributed by atoms with Crippen molar-refractivity contribution < 1.29 is 19.1 Å². The standard InChI is InChI=1S/C15H13ClN2O4S/c1-8(22-15(21)9-2-4-10(16)5-3-9)13(20)18-14-11(12(17)19)6-7-23-14/h2-8H,1H3,(H2,17,19)(H,18,20). The predicted molar refractivity (Wildman–Crippen MR) is 87.8 cm³/mol. The molecule has 1 heterocycles. The Morgan fingerprint density at radius 3 is 2.48 bits per heavy atom. The average molecular weight is 353 g/mol. The van der Waals surface area contributed by atoms with E-state index in [4.69, 9.17) is 22.1 Å². The number of hydrogen-bond acceptors (Lipinski definition) is 5. The summed E-state index contributed by atoms with van der Waals surface area (Å²) in [5.74, 6) is -1.85. The molecule has 1 aromatic carbocycles. The third-order valence-corrected chi connectivity index (χ3v) is 3.98. The minimum atomic E-state index is -1.04. The number of anilines is 1. The number of benzene rings is 1. The lowest BCUT2D eigenvalue weighted by Crippen LogP contribution is -2.30. The largest absolute Gasteiger partial charge is 0.449 e. The topological polar surface area (TPSA) is 98.5 Å². The molecule has 23 heavy (non-hydrogen) atoms. The summed E-state index contributed by atoms with van der Waals surface area (Å²) in [5, 5.41) is 4.95. The van der Waals surface area contributed by atoms with Gasteiger partial charge in [0, 0.05) is 5.02 Å². The maximum Gasteiger partial charge on any atom is 0.338 e. The molecule has 0 saturated carbocycles. The molecule has 120 valence electrons. The van der Waals surface area contributed by atoms with E-state index in [-0.39, 0.29) is 11.1 Å². The zero-order chi connectivity index (χ0) is 17.0. The van der Waals surface area contributed by atoms with Crippen molar-refractivity contribution in [2.45, 2.75) is 13.0 Å². The molecule has 0 radical (unpaired) electrons. The first-order valence-electron chi connectivity index (χ1n) is 6.53. The van der Waals surface area contributed by atoms with Crippen molar-refractivity contribution in [3.63, 3.8) is 0 Å². The van der Waals surface area contributed by atoms with E-state index in [9.17, 15) is 14.4 Å². The first kappa shape index (κ1) is 17.0. The van der Waals surface area contributed by atoms with Gasteiger partial charge >= 0.3 is 5.97 Å². The van der Waals surface area contributed by atoms with Crippen LogP contribution in [0.5, 0.6) is 0 Å². The molecule has 6 nitrogen and oxygen atoms in total. The normalized spacial score (nSPS) is 11.6. The Morgan fingerprint density at radius 2 is 1.87 bits per heavy atom. The van der Waals surface area contributed by atoms with Crippen LogP contribution in [0.1, 0.15) is 27.6 Å². The number of rotatable bonds is 5. The molecule has 2 amide bonds. The Kier molecular flexibility index (Phi) is 5.36. The lowest BCUT2D eigenvalue weighted by atomic mass is 10.2. The van der Waals surface area contributed by atoms with E-state index in [1.165, 1.54) is 25.1 Å². The second-order valence-electron chi connectivity index (χ2n) is 4.57. The fourth-order valence-electron chi connectivity index (χ4n) is 1.68. The van der Waals surface area contributed by atoms with Gasteiger partial charge in [-0.2, -0.15) is 0 Å². The number of primary amides is 1. The first-order chi connectivity index (χ1) is 10.9. The fraction of sp³-hybridized carbons (Fsp3) is 0.133. The average Bonchev–Trinajstić information content (AvgIpc) is 2.96. The minimum Gasteiger partial charge on any atom is -0.449 e. The first-order valence-corrected chi connectivity index (χ1v) is 7.79. The number of amides is 2. The molecule has 0 spiro atoms. The number of ether oxygens (including phenoxy) is 1. The smallest absolute Gasteiger partial charge is 0.338 e. The van der Waals surface area contributed by atoms with Crippen LogP contribution in [0, 0.1) is 0 Å². The second kappa shape index (κ2) is 7.26. The van der Waals surface area contributed by atoms with Gasteiger partial charge in [0.2, 0.25) is 0 Å². The molecule has 8 heteroatoms. The van der Waals surface area contributed by atoms with Crippen molar-refractivity contribution in [1.82, 2.24) is 0 Å². The highest BCUT2D eigenvalue weighted by atomic mass is 35.5. The maximum absolute atomic E-state index is 12.1. The summed E-state index contributed by atoms with van der Waals surface area (Å²) in [6.07, 6.45) is -1.04. The highest BCUT2D eigenvalue weighted by Crippen LogP contribution is 2.23. The van der Waals surface area contributed by atoms with Crippen LogP contribution in [0.25, 0.3) is 0 Å². The summed E-state index contributed by atoms with van der Waals surface area (Å²) in [6.45, 7) is 1.43. The number of halogens is 1. The van der Waals surface area contributed by atoms with Gasteiger partial charge in [0.1, 0.15) is 5.00 Å². The van der Waals surface area contributed by atoms with Gasteiger partial charge in [-0.15, -0.1) is 11.3 Å². The van der Waals surface area contributed by atoms with E-state index in [1.54, 1.807) is 17.5 Å². The van der Waals surface area contributed by atoms with E-state index in [1.807, 2.05) is 0 Å². The number of thiophene rings is 1. The monoisotopic (exact) mass is 352 g/mol. The molecular formula is C15H13ClN2O4S. The summed E-state index contributed by atoms with van der Waals surface area (Å²) < 4.78 is 5.08. The molecule has 0 saturated heterocycles. The van der Waals surface area contributed by atoms with Gasteiger partial charge < -0.3 is 15.8 Å². The molecule has 0 aliphatic rings. The second-order valence-corrected chi connectivity index (χ2v) is 5.92. The van der Waals surface area contributed by atoms with Crippen LogP contribution in [0.3, 0.4) is 0 Å². The molecule has 1 atom stereocenters. The summed E-state index contributed by atoms with van der Waals surface area (Å²) in [6, 6.07) is 7.61. The number of hydrogen-bond donors (Lipinski definition) is 2. The summed E-state index contributed by atoms with van der Waals surface area (Å²) >= 11 is 6.89. The third kappa shape index (κ3) is 4.30. The van der Waals surface area contributed by atoms with Gasteiger partial charge in [-0.1, -0.05) is 11.6 Å². The highest BCUT2D eigenvalue weighted by molar-refractivity contribution is 7.14. The predicted octanol–water partition coefficient (Wildman–Crippen LogP) is 2.68. The molecule has 2 aromatic rings. The van der Waals surface area contributed by atoms with Crippen molar-refractivity contribution in [3.8, 4) is 0 Å². The molecule has 0 aliphatic carbocycles.